The van der Waals surface area contributed by atoms with E-state index in [9.17, 15) is 5.11 Å². The van der Waals surface area contributed by atoms with Gasteiger partial charge in [0.25, 0.3) is 0 Å². The quantitative estimate of drug-likeness (QED) is 0.788. The molecule has 0 aliphatic heterocycles. The Morgan fingerprint density at radius 3 is 1.68 bits per heavy atom. The second-order valence-corrected chi connectivity index (χ2v) is 5.94. The van der Waals surface area contributed by atoms with Crippen molar-refractivity contribution in [2.24, 2.45) is 11.8 Å². The first-order chi connectivity index (χ1) is 8.96. The number of benzene rings is 1. The molecular formula is C18H30O. The standard InChI is InChI=1S/C18H30O/c1-7-14-10-15(8-2)17(16(9-3)11-14)18(19)13(6)12(4)5/h10-13,18-19H,7-9H2,1-6H3. The van der Waals surface area contributed by atoms with Crippen LogP contribution in [-0.2, 0) is 19.3 Å². The van der Waals surface area contributed by atoms with Crippen LogP contribution in [0.15, 0.2) is 12.1 Å². The molecule has 19 heavy (non-hydrogen) atoms. The molecule has 1 N–H and O–H groups in total. The molecular weight excluding hydrogens is 232 g/mol. The Morgan fingerprint density at radius 2 is 1.37 bits per heavy atom. The molecule has 0 aromatic heterocycles. The Kier molecular flexibility index (Phi) is 6.06. The monoisotopic (exact) mass is 262 g/mol. The minimum Gasteiger partial charge on any atom is -0.388 e. The molecule has 0 aliphatic rings. The second-order valence-electron chi connectivity index (χ2n) is 5.94. The third-order valence-electron chi connectivity index (χ3n) is 4.43. The zero-order valence-corrected chi connectivity index (χ0v) is 13.5. The van der Waals surface area contributed by atoms with E-state index in [1.165, 1.54) is 22.3 Å². The van der Waals surface area contributed by atoms with Crippen LogP contribution < -0.4 is 0 Å². The van der Waals surface area contributed by atoms with Gasteiger partial charge in [-0.3, -0.25) is 0 Å². The van der Waals surface area contributed by atoms with Crippen LogP contribution in [0.3, 0.4) is 0 Å². The van der Waals surface area contributed by atoms with Crippen molar-refractivity contribution in [1.29, 1.82) is 0 Å². The Balaban J connectivity index is 3.31. The van der Waals surface area contributed by atoms with Crippen molar-refractivity contribution in [3.63, 3.8) is 0 Å². The summed E-state index contributed by atoms with van der Waals surface area (Å²) in [6.45, 7) is 13.1. The van der Waals surface area contributed by atoms with E-state index in [0.29, 0.717) is 11.8 Å². The van der Waals surface area contributed by atoms with E-state index in [0.717, 1.165) is 19.3 Å². The van der Waals surface area contributed by atoms with Crippen molar-refractivity contribution in [3.8, 4) is 0 Å². The number of rotatable bonds is 6. The van der Waals surface area contributed by atoms with E-state index in [2.05, 4.69) is 53.7 Å². The first kappa shape index (κ1) is 16.2. The SMILES string of the molecule is CCc1cc(CC)c(C(O)C(C)C(C)C)c(CC)c1. The predicted octanol–water partition coefficient (Wildman–Crippen LogP) is 4.70. The molecule has 1 heteroatoms. The molecule has 0 saturated heterocycles. The van der Waals surface area contributed by atoms with Crippen LogP contribution in [0.5, 0.6) is 0 Å². The average Bonchev–Trinajstić information content (AvgIpc) is 2.43. The molecule has 0 spiro atoms. The van der Waals surface area contributed by atoms with Crippen molar-refractivity contribution < 1.29 is 5.11 Å². The molecule has 1 rings (SSSR count). The summed E-state index contributed by atoms with van der Waals surface area (Å²) >= 11 is 0. The lowest BCUT2D eigenvalue weighted by atomic mass is 9.82. The normalized spacial score (nSPS) is 14.7. The highest BCUT2D eigenvalue weighted by atomic mass is 16.3. The van der Waals surface area contributed by atoms with Gasteiger partial charge in [-0.2, -0.15) is 0 Å². The Morgan fingerprint density at radius 1 is 0.895 bits per heavy atom. The summed E-state index contributed by atoms with van der Waals surface area (Å²) in [4.78, 5) is 0. The smallest absolute Gasteiger partial charge is 0.0823 e. The Bertz CT molecular complexity index is 381. The van der Waals surface area contributed by atoms with E-state index < -0.39 is 0 Å². The summed E-state index contributed by atoms with van der Waals surface area (Å²) in [5.41, 5.74) is 5.25. The van der Waals surface area contributed by atoms with Gasteiger partial charge in [-0.1, -0.05) is 53.7 Å². The van der Waals surface area contributed by atoms with Gasteiger partial charge in [-0.25, -0.2) is 0 Å². The summed E-state index contributed by atoms with van der Waals surface area (Å²) in [6.07, 6.45) is 2.72. The van der Waals surface area contributed by atoms with Crippen LogP contribution in [0.2, 0.25) is 0 Å². The van der Waals surface area contributed by atoms with Crippen molar-refractivity contribution in [1.82, 2.24) is 0 Å². The number of aliphatic hydroxyl groups is 1. The van der Waals surface area contributed by atoms with Gasteiger partial charge in [0, 0.05) is 0 Å². The van der Waals surface area contributed by atoms with E-state index in [4.69, 9.17) is 0 Å². The molecule has 0 saturated carbocycles. The van der Waals surface area contributed by atoms with Crippen molar-refractivity contribution in [3.05, 3.63) is 34.4 Å². The van der Waals surface area contributed by atoms with E-state index in [-0.39, 0.29) is 6.10 Å². The fraction of sp³-hybridized carbons (Fsp3) is 0.667. The molecule has 1 aromatic rings. The summed E-state index contributed by atoms with van der Waals surface area (Å²) in [7, 11) is 0. The molecule has 0 heterocycles. The highest BCUT2D eigenvalue weighted by Gasteiger charge is 2.24. The zero-order chi connectivity index (χ0) is 14.6. The average molecular weight is 262 g/mol. The number of aryl methyl sites for hydroxylation is 3. The third-order valence-corrected chi connectivity index (χ3v) is 4.43. The number of aliphatic hydroxyl groups excluding tert-OH is 1. The van der Waals surface area contributed by atoms with Gasteiger partial charge in [-0.15, -0.1) is 0 Å². The van der Waals surface area contributed by atoms with Gasteiger partial charge in [-0.05, 0) is 53.4 Å². The van der Waals surface area contributed by atoms with Crippen LogP contribution in [0.1, 0.15) is 69.9 Å². The summed E-state index contributed by atoms with van der Waals surface area (Å²) < 4.78 is 0. The van der Waals surface area contributed by atoms with Gasteiger partial charge >= 0.3 is 0 Å². The van der Waals surface area contributed by atoms with Crippen LogP contribution in [-0.4, -0.2) is 5.11 Å². The minimum absolute atomic E-state index is 0.295. The molecule has 0 bridgehead atoms. The maximum atomic E-state index is 10.7. The lowest BCUT2D eigenvalue weighted by Crippen LogP contribution is -2.18. The Labute approximate surface area is 119 Å². The highest BCUT2D eigenvalue weighted by molar-refractivity contribution is 5.41. The number of hydrogen-bond donors (Lipinski definition) is 1. The highest BCUT2D eigenvalue weighted by Crippen LogP contribution is 2.33. The Hall–Kier alpha value is -0.820. The van der Waals surface area contributed by atoms with Crippen molar-refractivity contribution in [2.45, 2.75) is 66.9 Å². The third kappa shape index (κ3) is 3.60. The molecule has 2 unspecified atom stereocenters. The topological polar surface area (TPSA) is 20.2 Å². The molecule has 1 aromatic carbocycles. The molecule has 0 fully saturated rings. The molecule has 0 aliphatic carbocycles. The van der Waals surface area contributed by atoms with Gasteiger partial charge in [0.05, 0.1) is 6.10 Å². The van der Waals surface area contributed by atoms with Crippen LogP contribution >= 0.6 is 0 Å². The first-order valence-electron chi connectivity index (χ1n) is 7.78. The maximum absolute atomic E-state index is 10.7. The van der Waals surface area contributed by atoms with E-state index >= 15 is 0 Å². The lowest BCUT2D eigenvalue weighted by Gasteiger charge is -2.27. The van der Waals surface area contributed by atoms with E-state index in [1.54, 1.807) is 0 Å². The van der Waals surface area contributed by atoms with Gasteiger partial charge in [0.2, 0.25) is 0 Å². The molecule has 0 radical (unpaired) electrons. The maximum Gasteiger partial charge on any atom is 0.0823 e. The number of hydrogen-bond acceptors (Lipinski definition) is 1. The van der Waals surface area contributed by atoms with E-state index in [1.807, 2.05) is 0 Å². The summed E-state index contributed by atoms with van der Waals surface area (Å²) in [6, 6.07) is 4.56. The first-order valence-corrected chi connectivity index (χ1v) is 7.78. The van der Waals surface area contributed by atoms with Gasteiger partial charge in [0.15, 0.2) is 0 Å². The predicted molar refractivity (Wildman–Crippen MR) is 83.5 cm³/mol. The largest absolute Gasteiger partial charge is 0.388 e. The molecule has 0 amide bonds. The second kappa shape index (κ2) is 7.09. The lowest BCUT2D eigenvalue weighted by molar-refractivity contribution is 0.0905. The molecule has 108 valence electrons. The van der Waals surface area contributed by atoms with Crippen molar-refractivity contribution >= 4 is 0 Å². The van der Waals surface area contributed by atoms with Gasteiger partial charge < -0.3 is 5.11 Å². The fourth-order valence-electron chi connectivity index (χ4n) is 2.65. The summed E-state index contributed by atoms with van der Waals surface area (Å²) in [5.74, 6) is 0.790. The van der Waals surface area contributed by atoms with Crippen molar-refractivity contribution in [2.75, 3.05) is 0 Å². The molecule has 2 atom stereocenters. The minimum atomic E-state index is -0.337. The fourth-order valence-corrected chi connectivity index (χ4v) is 2.65. The molecule has 1 nitrogen and oxygen atoms in total. The van der Waals surface area contributed by atoms with Crippen LogP contribution in [0.4, 0.5) is 0 Å². The summed E-state index contributed by atoms with van der Waals surface area (Å²) in [5, 5.41) is 10.7. The van der Waals surface area contributed by atoms with Gasteiger partial charge in [0.1, 0.15) is 0 Å². The zero-order valence-electron chi connectivity index (χ0n) is 13.5. The van der Waals surface area contributed by atoms with Crippen LogP contribution in [0.25, 0.3) is 0 Å². The van der Waals surface area contributed by atoms with Crippen LogP contribution in [0, 0.1) is 11.8 Å².